The highest BCUT2D eigenvalue weighted by atomic mass is 16.1. The monoisotopic (exact) mass is 286 g/mol. The molecule has 3 aromatic carbocycles. The van der Waals surface area contributed by atoms with Gasteiger partial charge in [0.15, 0.2) is 5.78 Å². The average Bonchev–Trinajstić information content (AvgIpc) is 2.62. The highest BCUT2D eigenvalue weighted by molar-refractivity contribution is 6.09. The minimum absolute atomic E-state index is 0.0626. The summed E-state index contributed by atoms with van der Waals surface area (Å²) in [6.07, 6.45) is 1.03. The number of aryl methyl sites for hydroxylation is 1. The van der Waals surface area contributed by atoms with Crippen LogP contribution < -0.4 is 0 Å². The van der Waals surface area contributed by atoms with E-state index in [4.69, 9.17) is 0 Å². The molecule has 0 aromatic heterocycles. The van der Waals surface area contributed by atoms with E-state index in [2.05, 4.69) is 31.2 Å². The maximum atomic E-state index is 12.5. The third kappa shape index (κ3) is 2.99. The van der Waals surface area contributed by atoms with Crippen molar-refractivity contribution >= 4 is 5.78 Å². The van der Waals surface area contributed by atoms with Gasteiger partial charge in [-0.25, -0.2) is 0 Å². The summed E-state index contributed by atoms with van der Waals surface area (Å²) in [5.74, 6) is 0.0626. The van der Waals surface area contributed by atoms with Crippen LogP contribution in [0.3, 0.4) is 0 Å². The molecule has 0 saturated carbocycles. The van der Waals surface area contributed by atoms with Crippen LogP contribution in [0, 0.1) is 0 Å². The molecule has 3 rings (SSSR count). The van der Waals surface area contributed by atoms with Crippen LogP contribution in [0.25, 0.3) is 11.1 Å². The Labute approximate surface area is 131 Å². The van der Waals surface area contributed by atoms with Crippen LogP contribution in [0.4, 0.5) is 0 Å². The minimum Gasteiger partial charge on any atom is -0.289 e. The van der Waals surface area contributed by atoms with Crippen molar-refractivity contribution in [2.75, 3.05) is 0 Å². The lowest BCUT2D eigenvalue weighted by atomic mass is 9.97. The quantitative estimate of drug-likeness (QED) is 0.606. The molecular weight excluding hydrogens is 268 g/mol. The SMILES string of the molecule is CCc1ccc(-c2cccc(C(=O)c3ccccc3)c2)cc1. The molecule has 0 bridgehead atoms. The Morgan fingerprint density at radius 2 is 1.41 bits per heavy atom. The van der Waals surface area contributed by atoms with E-state index in [1.54, 1.807) is 0 Å². The second-order valence-electron chi connectivity index (χ2n) is 5.33. The first kappa shape index (κ1) is 14.3. The van der Waals surface area contributed by atoms with Gasteiger partial charge in [0.05, 0.1) is 0 Å². The summed E-state index contributed by atoms with van der Waals surface area (Å²) in [6, 6.07) is 25.7. The molecule has 1 nitrogen and oxygen atoms in total. The Hall–Kier alpha value is -2.67. The van der Waals surface area contributed by atoms with Crippen LogP contribution in [-0.4, -0.2) is 5.78 Å². The van der Waals surface area contributed by atoms with Crippen LogP contribution in [0.1, 0.15) is 28.4 Å². The van der Waals surface area contributed by atoms with Crippen LogP contribution in [0.5, 0.6) is 0 Å². The van der Waals surface area contributed by atoms with Gasteiger partial charge in [0.2, 0.25) is 0 Å². The van der Waals surface area contributed by atoms with Gasteiger partial charge < -0.3 is 0 Å². The zero-order valence-electron chi connectivity index (χ0n) is 12.6. The summed E-state index contributed by atoms with van der Waals surface area (Å²) in [4.78, 5) is 12.5. The van der Waals surface area contributed by atoms with E-state index < -0.39 is 0 Å². The maximum Gasteiger partial charge on any atom is 0.193 e. The molecule has 108 valence electrons. The molecule has 0 heterocycles. The van der Waals surface area contributed by atoms with Gasteiger partial charge in [-0.05, 0) is 29.2 Å². The summed E-state index contributed by atoms with van der Waals surface area (Å²) in [5.41, 5.74) is 4.98. The number of rotatable bonds is 4. The molecule has 0 spiro atoms. The smallest absolute Gasteiger partial charge is 0.193 e. The summed E-state index contributed by atoms with van der Waals surface area (Å²) < 4.78 is 0. The first-order valence-electron chi connectivity index (χ1n) is 7.57. The molecule has 0 aliphatic heterocycles. The second kappa shape index (κ2) is 6.40. The predicted molar refractivity (Wildman–Crippen MR) is 91.1 cm³/mol. The molecule has 0 amide bonds. The molecule has 0 unspecified atom stereocenters. The van der Waals surface area contributed by atoms with Gasteiger partial charge in [-0.2, -0.15) is 0 Å². The van der Waals surface area contributed by atoms with E-state index in [1.165, 1.54) is 5.56 Å². The largest absolute Gasteiger partial charge is 0.289 e. The van der Waals surface area contributed by atoms with Crippen LogP contribution in [0.2, 0.25) is 0 Å². The van der Waals surface area contributed by atoms with E-state index in [9.17, 15) is 4.79 Å². The van der Waals surface area contributed by atoms with Gasteiger partial charge in [-0.15, -0.1) is 0 Å². The van der Waals surface area contributed by atoms with Gasteiger partial charge in [0, 0.05) is 11.1 Å². The molecule has 0 radical (unpaired) electrons. The van der Waals surface area contributed by atoms with Crippen molar-refractivity contribution in [2.24, 2.45) is 0 Å². The normalized spacial score (nSPS) is 10.4. The first-order valence-corrected chi connectivity index (χ1v) is 7.57. The Balaban J connectivity index is 1.94. The maximum absolute atomic E-state index is 12.5. The Kier molecular flexibility index (Phi) is 4.15. The van der Waals surface area contributed by atoms with Crippen molar-refractivity contribution in [3.8, 4) is 11.1 Å². The second-order valence-corrected chi connectivity index (χ2v) is 5.33. The molecule has 0 N–H and O–H groups in total. The lowest BCUT2D eigenvalue weighted by Gasteiger charge is -2.06. The van der Waals surface area contributed by atoms with Crippen molar-refractivity contribution < 1.29 is 4.79 Å². The number of benzene rings is 3. The van der Waals surface area contributed by atoms with Gasteiger partial charge in [0.25, 0.3) is 0 Å². The summed E-state index contributed by atoms with van der Waals surface area (Å²) in [7, 11) is 0. The van der Waals surface area contributed by atoms with E-state index in [0.29, 0.717) is 0 Å². The van der Waals surface area contributed by atoms with Crippen LogP contribution >= 0.6 is 0 Å². The van der Waals surface area contributed by atoms with Gasteiger partial charge >= 0.3 is 0 Å². The van der Waals surface area contributed by atoms with Crippen molar-refractivity contribution in [1.29, 1.82) is 0 Å². The molecule has 0 aliphatic rings. The van der Waals surface area contributed by atoms with E-state index >= 15 is 0 Å². The van der Waals surface area contributed by atoms with E-state index in [1.807, 2.05) is 54.6 Å². The predicted octanol–water partition coefficient (Wildman–Crippen LogP) is 5.15. The van der Waals surface area contributed by atoms with E-state index in [-0.39, 0.29) is 5.78 Å². The Bertz CT molecular complexity index is 771. The Morgan fingerprint density at radius 3 is 2.09 bits per heavy atom. The van der Waals surface area contributed by atoms with Crippen molar-refractivity contribution in [1.82, 2.24) is 0 Å². The zero-order chi connectivity index (χ0) is 15.4. The molecule has 0 saturated heterocycles. The van der Waals surface area contributed by atoms with Gasteiger partial charge in [-0.3, -0.25) is 4.79 Å². The average molecular weight is 286 g/mol. The molecule has 1 heteroatoms. The zero-order valence-corrected chi connectivity index (χ0v) is 12.6. The molecular formula is C21H18O. The van der Waals surface area contributed by atoms with E-state index in [0.717, 1.165) is 28.7 Å². The van der Waals surface area contributed by atoms with Crippen LogP contribution in [-0.2, 0) is 6.42 Å². The number of carbonyl (C=O) groups excluding carboxylic acids is 1. The van der Waals surface area contributed by atoms with Crippen molar-refractivity contribution in [3.63, 3.8) is 0 Å². The number of ketones is 1. The number of carbonyl (C=O) groups is 1. The van der Waals surface area contributed by atoms with Crippen molar-refractivity contribution in [2.45, 2.75) is 13.3 Å². The fourth-order valence-electron chi connectivity index (χ4n) is 2.53. The Morgan fingerprint density at radius 1 is 0.727 bits per heavy atom. The summed E-state index contributed by atoms with van der Waals surface area (Å²) in [5, 5.41) is 0. The standard InChI is InChI=1S/C21H18O/c1-2-16-11-13-17(14-12-16)19-9-6-10-20(15-19)21(22)18-7-4-3-5-8-18/h3-15H,2H2,1H3. The highest BCUT2D eigenvalue weighted by Crippen LogP contribution is 2.22. The minimum atomic E-state index is 0.0626. The molecule has 0 aliphatic carbocycles. The summed E-state index contributed by atoms with van der Waals surface area (Å²) in [6.45, 7) is 2.15. The molecule has 0 fully saturated rings. The van der Waals surface area contributed by atoms with Gasteiger partial charge in [0.1, 0.15) is 0 Å². The van der Waals surface area contributed by atoms with Gasteiger partial charge in [-0.1, -0.05) is 79.7 Å². The highest BCUT2D eigenvalue weighted by Gasteiger charge is 2.09. The third-order valence-corrected chi connectivity index (χ3v) is 3.86. The number of hydrogen-bond donors (Lipinski definition) is 0. The third-order valence-electron chi connectivity index (χ3n) is 3.86. The topological polar surface area (TPSA) is 17.1 Å². The molecule has 22 heavy (non-hydrogen) atoms. The fourth-order valence-corrected chi connectivity index (χ4v) is 2.53. The van der Waals surface area contributed by atoms with Crippen molar-refractivity contribution in [3.05, 3.63) is 95.6 Å². The lowest BCUT2D eigenvalue weighted by Crippen LogP contribution is -2.00. The lowest BCUT2D eigenvalue weighted by molar-refractivity contribution is 0.103. The fraction of sp³-hybridized carbons (Fsp3) is 0.0952. The first-order chi connectivity index (χ1) is 10.8. The number of hydrogen-bond acceptors (Lipinski definition) is 1. The summed E-state index contributed by atoms with van der Waals surface area (Å²) >= 11 is 0. The molecule has 0 atom stereocenters. The molecule has 3 aromatic rings. The van der Waals surface area contributed by atoms with Crippen LogP contribution in [0.15, 0.2) is 78.9 Å².